The lowest BCUT2D eigenvalue weighted by atomic mass is 10.2. The van der Waals surface area contributed by atoms with E-state index >= 15 is 0 Å². The maximum Gasteiger partial charge on any atom is 0.158 e. The van der Waals surface area contributed by atoms with E-state index in [9.17, 15) is 0 Å². The fraction of sp³-hybridized carbons (Fsp3) is 0. The van der Waals surface area contributed by atoms with Crippen LogP contribution in [0, 0.1) is 0 Å². The lowest BCUT2D eigenvalue weighted by Gasteiger charge is -2.01. The monoisotopic (exact) mass is 294 g/mol. The summed E-state index contributed by atoms with van der Waals surface area (Å²) >= 11 is 6.17. The quantitative estimate of drug-likeness (QED) is 0.581. The number of rotatable bonds is 1. The number of aromatic nitrogens is 3. The average Bonchev–Trinajstić information content (AvgIpc) is 2.86. The minimum atomic E-state index is 0.537. The molecule has 1 aromatic carbocycles. The fourth-order valence-electron chi connectivity index (χ4n) is 2.44. The molecule has 3 heterocycles. The molecule has 102 valence electrons. The van der Waals surface area contributed by atoms with Crippen LogP contribution in [-0.2, 0) is 0 Å². The highest BCUT2D eigenvalue weighted by atomic mass is 35.5. The van der Waals surface area contributed by atoms with Crippen molar-refractivity contribution in [2.45, 2.75) is 0 Å². The van der Waals surface area contributed by atoms with Crippen LogP contribution < -0.4 is 5.73 Å². The first kappa shape index (κ1) is 12.2. The molecule has 4 nitrogen and oxygen atoms in total. The zero-order valence-electron chi connectivity index (χ0n) is 11.0. The number of benzene rings is 1. The second-order valence-electron chi connectivity index (χ2n) is 4.78. The molecule has 3 aromatic heterocycles. The van der Waals surface area contributed by atoms with E-state index < -0.39 is 0 Å². The Labute approximate surface area is 125 Å². The summed E-state index contributed by atoms with van der Waals surface area (Å²) in [4.78, 5) is 9.16. The molecule has 0 saturated heterocycles. The number of fused-ring (bicyclic) bond motifs is 2. The summed E-state index contributed by atoms with van der Waals surface area (Å²) in [7, 11) is 0. The number of pyridine rings is 2. The molecule has 0 aliphatic carbocycles. The van der Waals surface area contributed by atoms with Gasteiger partial charge in [0.15, 0.2) is 5.65 Å². The Hall–Kier alpha value is -2.59. The van der Waals surface area contributed by atoms with E-state index in [1.807, 2.05) is 48.7 Å². The van der Waals surface area contributed by atoms with Gasteiger partial charge in [-0.25, -0.2) is 9.97 Å². The Kier molecular flexibility index (Phi) is 2.59. The zero-order chi connectivity index (χ0) is 14.4. The summed E-state index contributed by atoms with van der Waals surface area (Å²) in [5, 5.41) is 1.65. The molecule has 0 saturated carbocycles. The van der Waals surface area contributed by atoms with Crippen LogP contribution in [0.1, 0.15) is 0 Å². The minimum absolute atomic E-state index is 0.537. The van der Waals surface area contributed by atoms with E-state index in [0.29, 0.717) is 22.2 Å². The molecule has 0 fully saturated rings. The predicted octanol–water partition coefficient (Wildman–Crippen LogP) is 3.79. The third-order valence-corrected chi connectivity index (χ3v) is 3.78. The lowest BCUT2D eigenvalue weighted by molar-refractivity contribution is 1.20. The Balaban J connectivity index is 1.99. The second-order valence-corrected chi connectivity index (χ2v) is 5.19. The van der Waals surface area contributed by atoms with Crippen LogP contribution in [0.3, 0.4) is 0 Å². The molecule has 2 N–H and O–H groups in total. The maximum absolute atomic E-state index is 6.19. The van der Waals surface area contributed by atoms with Crippen molar-refractivity contribution in [3.63, 3.8) is 0 Å². The van der Waals surface area contributed by atoms with Crippen LogP contribution in [0.2, 0.25) is 5.02 Å². The van der Waals surface area contributed by atoms with Crippen molar-refractivity contribution in [3.05, 3.63) is 59.8 Å². The number of nitrogen functional groups attached to an aromatic ring is 1. The van der Waals surface area contributed by atoms with Gasteiger partial charge in [-0.2, -0.15) is 0 Å². The number of hydrogen-bond donors (Lipinski definition) is 1. The number of halogens is 1. The topological polar surface area (TPSA) is 56.2 Å². The molecule has 0 spiro atoms. The first-order valence-corrected chi connectivity index (χ1v) is 6.90. The molecule has 0 unspecified atom stereocenters. The number of para-hydroxylation sites is 1. The van der Waals surface area contributed by atoms with Gasteiger partial charge < -0.3 is 5.73 Å². The molecule has 0 amide bonds. The van der Waals surface area contributed by atoms with Crippen molar-refractivity contribution in [1.29, 1.82) is 0 Å². The van der Waals surface area contributed by atoms with Gasteiger partial charge in [-0.15, -0.1) is 0 Å². The largest absolute Gasteiger partial charge is 0.383 e. The normalized spacial score (nSPS) is 11.3. The highest BCUT2D eigenvalue weighted by Crippen LogP contribution is 2.29. The minimum Gasteiger partial charge on any atom is -0.383 e. The van der Waals surface area contributed by atoms with Gasteiger partial charge >= 0.3 is 0 Å². The first-order chi connectivity index (χ1) is 10.2. The van der Waals surface area contributed by atoms with Crippen LogP contribution in [0.15, 0.2) is 54.7 Å². The molecule has 0 radical (unpaired) electrons. The highest BCUT2D eigenvalue weighted by Gasteiger charge is 2.14. The van der Waals surface area contributed by atoms with Crippen LogP contribution in [0.25, 0.3) is 27.9 Å². The van der Waals surface area contributed by atoms with Gasteiger partial charge in [0.25, 0.3) is 0 Å². The predicted molar refractivity (Wildman–Crippen MR) is 85.4 cm³/mol. The smallest absolute Gasteiger partial charge is 0.158 e. The van der Waals surface area contributed by atoms with E-state index in [1.54, 1.807) is 10.5 Å². The van der Waals surface area contributed by atoms with Crippen molar-refractivity contribution in [1.82, 2.24) is 14.4 Å². The molecule has 0 aliphatic heterocycles. The van der Waals surface area contributed by atoms with Crippen molar-refractivity contribution in [2.75, 3.05) is 5.73 Å². The molecule has 0 aliphatic rings. The van der Waals surface area contributed by atoms with Gasteiger partial charge in [-0.05, 0) is 24.3 Å². The standard InChI is InChI=1S/C16H11ClN4/c17-11-5-3-9-21-15(18)14(20-16(11)21)13-8-7-10-4-1-2-6-12(10)19-13/h1-9H,18H2. The zero-order valence-corrected chi connectivity index (χ0v) is 11.7. The van der Waals surface area contributed by atoms with E-state index in [1.165, 1.54) is 0 Å². The highest BCUT2D eigenvalue weighted by molar-refractivity contribution is 6.33. The van der Waals surface area contributed by atoms with Crippen molar-refractivity contribution in [3.8, 4) is 11.4 Å². The molecule has 4 rings (SSSR count). The molecular weight excluding hydrogens is 284 g/mol. The molecule has 5 heteroatoms. The first-order valence-electron chi connectivity index (χ1n) is 6.52. The number of imidazole rings is 1. The van der Waals surface area contributed by atoms with Crippen molar-refractivity contribution < 1.29 is 0 Å². The van der Waals surface area contributed by atoms with Crippen LogP contribution in [-0.4, -0.2) is 14.4 Å². The number of anilines is 1. The van der Waals surface area contributed by atoms with Gasteiger partial charge in [0.05, 0.1) is 16.2 Å². The van der Waals surface area contributed by atoms with E-state index in [-0.39, 0.29) is 0 Å². The van der Waals surface area contributed by atoms with Gasteiger partial charge in [0.2, 0.25) is 0 Å². The Bertz CT molecular complexity index is 975. The van der Waals surface area contributed by atoms with Crippen LogP contribution in [0.5, 0.6) is 0 Å². The van der Waals surface area contributed by atoms with Crippen LogP contribution >= 0.6 is 11.6 Å². The SMILES string of the molecule is Nc1c(-c2ccc3ccccc3n2)nc2c(Cl)cccn12. The third-order valence-electron chi connectivity index (χ3n) is 3.48. The molecule has 0 atom stereocenters. The Morgan fingerprint density at radius 1 is 0.952 bits per heavy atom. The second kappa shape index (κ2) is 4.46. The van der Waals surface area contributed by atoms with Gasteiger partial charge in [-0.3, -0.25) is 4.40 Å². The lowest BCUT2D eigenvalue weighted by Crippen LogP contribution is -1.94. The Morgan fingerprint density at radius 3 is 2.67 bits per heavy atom. The Morgan fingerprint density at radius 2 is 1.81 bits per heavy atom. The summed E-state index contributed by atoms with van der Waals surface area (Å²) in [6.45, 7) is 0. The van der Waals surface area contributed by atoms with Crippen molar-refractivity contribution in [2.24, 2.45) is 0 Å². The number of nitrogens with zero attached hydrogens (tertiary/aromatic N) is 3. The summed E-state index contributed by atoms with van der Waals surface area (Å²) in [6.07, 6.45) is 1.84. The molecular formula is C16H11ClN4. The summed E-state index contributed by atoms with van der Waals surface area (Å²) in [5.41, 5.74) is 9.13. The molecule has 4 aromatic rings. The van der Waals surface area contributed by atoms with Crippen LogP contribution in [0.4, 0.5) is 5.82 Å². The molecule has 21 heavy (non-hydrogen) atoms. The molecule has 0 bridgehead atoms. The average molecular weight is 295 g/mol. The summed E-state index contributed by atoms with van der Waals surface area (Å²) in [6, 6.07) is 15.5. The maximum atomic E-state index is 6.19. The number of hydrogen-bond acceptors (Lipinski definition) is 3. The van der Waals surface area contributed by atoms with E-state index in [4.69, 9.17) is 17.3 Å². The summed E-state index contributed by atoms with van der Waals surface area (Å²) in [5.74, 6) is 0.537. The number of nitrogens with two attached hydrogens (primary N) is 1. The van der Waals surface area contributed by atoms with E-state index in [0.717, 1.165) is 16.6 Å². The van der Waals surface area contributed by atoms with E-state index in [2.05, 4.69) is 9.97 Å². The fourth-order valence-corrected chi connectivity index (χ4v) is 2.65. The van der Waals surface area contributed by atoms with Gasteiger partial charge in [0, 0.05) is 11.6 Å². The van der Waals surface area contributed by atoms with Gasteiger partial charge in [-0.1, -0.05) is 35.9 Å². The van der Waals surface area contributed by atoms with Gasteiger partial charge in [0.1, 0.15) is 11.5 Å². The summed E-state index contributed by atoms with van der Waals surface area (Å²) < 4.78 is 1.77. The van der Waals surface area contributed by atoms with Crippen molar-refractivity contribution >= 4 is 34.0 Å². The third kappa shape index (κ3) is 1.84.